The number of nitrogens with two attached hydrogens (primary N) is 1. The van der Waals surface area contributed by atoms with Gasteiger partial charge in [-0.3, -0.25) is 4.79 Å². The van der Waals surface area contributed by atoms with Gasteiger partial charge in [0.2, 0.25) is 0 Å². The molecule has 0 bridgehead atoms. The maximum atomic E-state index is 13.5. The molecule has 1 amide bonds. The summed E-state index contributed by atoms with van der Waals surface area (Å²) in [6.45, 7) is 2.43. The zero-order chi connectivity index (χ0) is 12.8. The molecule has 4 nitrogen and oxygen atoms in total. The predicted octanol–water partition coefficient (Wildman–Crippen LogP) is 1.14. The second kappa shape index (κ2) is 6.20. The van der Waals surface area contributed by atoms with E-state index in [0.717, 1.165) is 0 Å². The molecule has 0 aliphatic rings. The molecule has 94 valence electrons. The van der Waals surface area contributed by atoms with Crippen LogP contribution in [0.4, 0.5) is 4.39 Å². The molecule has 1 aromatic rings. The number of benzene rings is 1. The van der Waals surface area contributed by atoms with Crippen LogP contribution >= 0.6 is 0 Å². The van der Waals surface area contributed by atoms with Gasteiger partial charge in [0, 0.05) is 25.7 Å². The van der Waals surface area contributed by atoms with Gasteiger partial charge in [-0.25, -0.2) is 4.39 Å². The summed E-state index contributed by atoms with van der Waals surface area (Å²) in [5, 5.41) is 0. The van der Waals surface area contributed by atoms with Gasteiger partial charge in [-0.2, -0.15) is 0 Å². The SMILES string of the molecule is CCN(C)C(=O)COc1c(F)cccc1CN. The van der Waals surface area contributed by atoms with Crippen LogP contribution in [0.15, 0.2) is 18.2 Å². The number of ether oxygens (including phenoxy) is 1. The highest BCUT2D eigenvalue weighted by Gasteiger charge is 2.12. The van der Waals surface area contributed by atoms with Crippen LogP contribution in [-0.2, 0) is 11.3 Å². The van der Waals surface area contributed by atoms with Gasteiger partial charge in [0.15, 0.2) is 18.2 Å². The lowest BCUT2D eigenvalue weighted by Gasteiger charge is -2.16. The van der Waals surface area contributed by atoms with Crippen molar-refractivity contribution in [2.75, 3.05) is 20.2 Å². The molecule has 17 heavy (non-hydrogen) atoms. The van der Waals surface area contributed by atoms with E-state index in [-0.39, 0.29) is 24.8 Å². The van der Waals surface area contributed by atoms with E-state index >= 15 is 0 Å². The summed E-state index contributed by atoms with van der Waals surface area (Å²) >= 11 is 0. The number of carbonyl (C=O) groups excluding carboxylic acids is 1. The third-order valence-corrected chi connectivity index (χ3v) is 2.51. The number of amides is 1. The Kier molecular flexibility index (Phi) is 4.90. The number of para-hydroxylation sites is 1. The lowest BCUT2D eigenvalue weighted by atomic mass is 10.2. The second-order valence-corrected chi connectivity index (χ2v) is 3.63. The highest BCUT2D eigenvalue weighted by atomic mass is 19.1. The van der Waals surface area contributed by atoms with Crippen LogP contribution in [0.2, 0.25) is 0 Å². The van der Waals surface area contributed by atoms with E-state index < -0.39 is 5.82 Å². The van der Waals surface area contributed by atoms with Gasteiger partial charge in [0.25, 0.3) is 5.91 Å². The third kappa shape index (κ3) is 3.42. The number of rotatable bonds is 5. The smallest absolute Gasteiger partial charge is 0.260 e. The summed E-state index contributed by atoms with van der Waals surface area (Å²) in [4.78, 5) is 13.0. The summed E-state index contributed by atoms with van der Waals surface area (Å²) in [5.41, 5.74) is 6.02. The van der Waals surface area contributed by atoms with E-state index in [4.69, 9.17) is 10.5 Å². The normalized spacial score (nSPS) is 10.1. The number of hydrogen-bond acceptors (Lipinski definition) is 3. The molecule has 0 saturated carbocycles. The van der Waals surface area contributed by atoms with Crippen molar-refractivity contribution in [2.24, 2.45) is 5.73 Å². The minimum absolute atomic E-state index is 0.0628. The zero-order valence-electron chi connectivity index (χ0n) is 10.1. The van der Waals surface area contributed by atoms with Crippen molar-refractivity contribution in [1.82, 2.24) is 4.90 Å². The van der Waals surface area contributed by atoms with Crippen LogP contribution in [0, 0.1) is 5.82 Å². The van der Waals surface area contributed by atoms with Crippen molar-refractivity contribution < 1.29 is 13.9 Å². The van der Waals surface area contributed by atoms with Crippen molar-refractivity contribution in [3.8, 4) is 5.75 Å². The van der Waals surface area contributed by atoms with Crippen LogP contribution < -0.4 is 10.5 Å². The average Bonchev–Trinajstić information content (AvgIpc) is 2.35. The molecule has 1 aromatic carbocycles. The summed E-state index contributed by atoms with van der Waals surface area (Å²) in [5.74, 6) is -0.633. The van der Waals surface area contributed by atoms with Gasteiger partial charge >= 0.3 is 0 Å². The van der Waals surface area contributed by atoms with Crippen molar-refractivity contribution in [3.63, 3.8) is 0 Å². The molecular formula is C12H17FN2O2. The van der Waals surface area contributed by atoms with Crippen molar-refractivity contribution >= 4 is 5.91 Å². The quantitative estimate of drug-likeness (QED) is 0.839. The molecule has 0 spiro atoms. The minimum atomic E-state index is -0.500. The molecular weight excluding hydrogens is 223 g/mol. The van der Waals surface area contributed by atoms with Crippen LogP contribution in [0.5, 0.6) is 5.75 Å². The Labute approximate surface area is 100 Å². The first kappa shape index (κ1) is 13.4. The topological polar surface area (TPSA) is 55.6 Å². The first-order chi connectivity index (χ1) is 8.10. The third-order valence-electron chi connectivity index (χ3n) is 2.51. The Balaban J connectivity index is 2.72. The monoisotopic (exact) mass is 240 g/mol. The fraction of sp³-hybridized carbons (Fsp3) is 0.417. The van der Waals surface area contributed by atoms with E-state index in [1.807, 2.05) is 6.92 Å². The number of carbonyl (C=O) groups is 1. The molecule has 0 heterocycles. The van der Waals surface area contributed by atoms with Crippen LogP contribution in [-0.4, -0.2) is 31.0 Å². The highest BCUT2D eigenvalue weighted by molar-refractivity contribution is 5.77. The summed E-state index contributed by atoms with van der Waals surface area (Å²) in [6.07, 6.45) is 0. The van der Waals surface area contributed by atoms with Crippen molar-refractivity contribution in [1.29, 1.82) is 0 Å². The van der Waals surface area contributed by atoms with Gasteiger partial charge in [0.05, 0.1) is 0 Å². The standard InChI is InChI=1S/C12H17FN2O2/c1-3-15(2)11(16)8-17-12-9(7-14)5-4-6-10(12)13/h4-6H,3,7-8,14H2,1-2H3. The first-order valence-electron chi connectivity index (χ1n) is 5.44. The highest BCUT2D eigenvalue weighted by Crippen LogP contribution is 2.22. The Hall–Kier alpha value is -1.62. The van der Waals surface area contributed by atoms with E-state index in [9.17, 15) is 9.18 Å². The lowest BCUT2D eigenvalue weighted by Crippen LogP contribution is -2.31. The molecule has 0 atom stereocenters. The Morgan fingerprint density at radius 2 is 2.24 bits per heavy atom. The molecule has 0 saturated heterocycles. The molecule has 0 unspecified atom stereocenters. The molecule has 0 aliphatic carbocycles. The van der Waals surface area contributed by atoms with Gasteiger partial charge in [-0.05, 0) is 13.0 Å². The Morgan fingerprint density at radius 3 is 2.82 bits per heavy atom. The van der Waals surface area contributed by atoms with Crippen LogP contribution in [0.1, 0.15) is 12.5 Å². The number of nitrogens with zero attached hydrogens (tertiary/aromatic N) is 1. The maximum absolute atomic E-state index is 13.5. The molecule has 5 heteroatoms. The lowest BCUT2D eigenvalue weighted by molar-refractivity contribution is -0.131. The van der Waals surface area contributed by atoms with E-state index in [1.165, 1.54) is 11.0 Å². The zero-order valence-corrected chi connectivity index (χ0v) is 10.1. The summed E-state index contributed by atoms with van der Waals surface area (Å²) in [6, 6.07) is 4.51. The Bertz CT molecular complexity index is 396. The minimum Gasteiger partial charge on any atom is -0.480 e. The van der Waals surface area contributed by atoms with E-state index in [2.05, 4.69) is 0 Å². The van der Waals surface area contributed by atoms with E-state index in [0.29, 0.717) is 12.1 Å². The van der Waals surface area contributed by atoms with Gasteiger partial charge in [-0.1, -0.05) is 12.1 Å². The van der Waals surface area contributed by atoms with Crippen molar-refractivity contribution in [3.05, 3.63) is 29.6 Å². The summed E-state index contributed by atoms with van der Waals surface area (Å²) < 4.78 is 18.7. The predicted molar refractivity (Wildman–Crippen MR) is 63.1 cm³/mol. The van der Waals surface area contributed by atoms with Crippen LogP contribution in [0.25, 0.3) is 0 Å². The fourth-order valence-corrected chi connectivity index (χ4v) is 1.30. The molecule has 2 N–H and O–H groups in total. The fourth-order valence-electron chi connectivity index (χ4n) is 1.30. The molecule has 0 radical (unpaired) electrons. The Morgan fingerprint density at radius 1 is 1.53 bits per heavy atom. The second-order valence-electron chi connectivity index (χ2n) is 3.63. The van der Waals surface area contributed by atoms with Gasteiger partial charge in [-0.15, -0.1) is 0 Å². The van der Waals surface area contributed by atoms with Gasteiger partial charge in [0.1, 0.15) is 0 Å². The van der Waals surface area contributed by atoms with Crippen molar-refractivity contribution in [2.45, 2.75) is 13.5 Å². The molecule has 0 fully saturated rings. The van der Waals surface area contributed by atoms with Gasteiger partial charge < -0.3 is 15.4 Å². The number of halogens is 1. The molecule has 1 rings (SSSR count). The summed E-state index contributed by atoms with van der Waals surface area (Å²) in [7, 11) is 1.66. The molecule has 0 aromatic heterocycles. The van der Waals surface area contributed by atoms with E-state index in [1.54, 1.807) is 19.2 Å². The first-order valence-corrected chi connectivity index (χ1v) is 5.44. The largest absolute Gasteiger partial charge is 0.480 e. The maximum Gasteiger partial charge on any atom is 0.260 e. The number of likely N-dealkylation sites (N-methyl/N-ethyl adjacent to an activating group) is 1. The average molecular weight is 240 g/mol. The van der Waals surface area contributed by atoms with Crippen LogP contribution in [0.3, 0.4) is 0 Å². The molecule has 0 aliphatic heterocycles. The number of hydrogen-bond donors (Lipinski definition) is 1.